The highest BCUT2D eigenvalue weighted by atomic mass is 79.9. The average Bonchev–Trinajstić information content (AvgIpc) is 2.82. The zero-order valence-corrected chi connectivity index (χ0v) is 12.5. The topological polar surface area (TPSA) is 37.3 Å². The van der Waals surface area contributed by atoms with E-state index in [4.69, 9.17) is 0 Å². The molecule has 0 aliphatic heterocycles. The van der Waals surface area contributed by atoms with E-state index in [1.165, 1.54) is 0 Å². The molecule has 0 saturated heterocycles. The van der Waals surface area contributed by atoms with E-state index in [0.29, 0.717) is 12.8 Å². The summed E-state index contributed by atoms with van der Waals surface area (Å²) in [5.74, 6) is 0.207. The van der Waals surface area contributed by atoms with Gasteiger partial charge in [0.25, 0.3) is 0 Å². The summed E-state index contributed by atoms with van der Waals surface area (Å²) < 4.78 is 0.953. The Bertz CT molecular complexity index is 563. The van der Waals surface area contributed by atoms with Gasteiger partial charge in [0.15, 0.2) is 0 Å². The number of carbonyl (C=O) groups is 1. The van der Waals surface area contributed by atoms with Crippen LogP contribution < -0.4 is 0 Å². The van der Waals surface area contributed by atoms with Crippen LogP contribution >= 0.6 is 15.9 Å². The highest BCUT2D eigenvalue weighted by Gasteiger charge is 2.62. The van der Waals surface area contributed by atoms with E-state index in [-0.39, 0.29) is 5.78 Å². The van der Waals surface area contributed by atoms with Crippen molar-refractivity contribution in [1.29, 1.82) is 0 Å². The van der Waals surface area contributed by atoms with Gasteiger partial charge < -0.3 is 5.11 Å². The zero-order valence-electron chi connectivity index (χ0n) is 10.9. The summed E-state index contributed by atoms with van der Waals surface area (Å²) in [6, 6.07) is 9.98. The number of benzene rings is 1. The van der Waals surface area contributed by atoms with E-state index in [9.17, 15) is 9.90 Å². The van der Waals surface area contributed by atoms with Crippen LogP contribution in [0.25, 0.3) is 4.48 Å². The molecule has 0 spiro atoms. The number of aliphatic hydroxyl groups is 1. The maximum atomic E-state index is 12.1. The second-order valence-corrected chi connectivity index (χ2v) is 6.57. The number of ketones is 1. The Morgan fingerprint density at radius 1 is 1.21 bits per heavy atom. The SMILES string of the molecule is C[C@]12CC/C(=C(\Br)c3ccccc3)[C@@]1(O)CCC2=O. The Morgan fingerprint density at radius 3 is 2.58 bits per heavy atom. The van der Waals surface area contributed by atoms with Crippen molar-refractivity contribution in [2.24, 2.45) is 5.41 Å². The van der Waals surface area contributed by atoms with E-state index < -0.39 is 11.0 Å². The molecule has 2 fully saturated rings. The Balaban J connectivity index is 2.11. The quantitative estimate of drug-likeness (QED) is 0.856. The standard InChI is InChI=1S/C16H17BrO2/c1-15-9-7-12(16(15,19)10-8-13(15)18)14(17)11-5-3-2-4-6-11/h2-6,19H,7-10H2,1H3/b14-12+/t15-,16+/m1/s1. The minimum atomic E-state index is -0.960. The smallest absolute Gasteiger partial charge is 0.142 e. The molecule has 1 aromatic rings. The molecule has 19 heavy (non-hydrogen) atoms. The van der Waals surface area contributed by atoms with Gasteiger partial charge >= 0.3 is 0 Å². The molecule has 100 valence electrons. The van der Waals surface area contributed by atoms with Crippen LogP contribution in [0.2, 0.25) is 0 Å². The molecule has 2 aliphatic rings. The second kappa shape index (κ2) is 4.29. The summed E-state index contributed by atoms with van der Waals surface area (Å²) in [6.45, 7) is 1.92. The molecule has 2 nitrogen and oxygen atoms in total. The molecule has 1 aromatic carbocycles. The highest BCUT2D eigenvalue weighted by Crippen LogP contribution is 2.59. The van der Waals surface area contributed by atoms with Crippen molar-refractivity contribution in [1.82, 2.24) is 0 Å². The fraction of sp³-hybridized carbons (Fsp3) is 0.438. The van der Waals surface area contributed by atoms with Gasteiger partial charge in [0.1, 0.15) is 5.78 Å². The second-order valence-electron chi connectivity index (χ2n) is 5.77. The van der Waals surface area contributed by atoms with Crippen molar-refractivity contribution < 1.29 is 9.90 Å². The van der Waals surface area contributed by atoms with Crippen LogP contribution in [0.1, 0.15) is 38.2 Å². The minimum Gasteiger partial charge on any atom is -0.384 e. The first-order valence-electron chi connectivity index (χ1n) is 6.69. The van der Waals surface area contributed by atoms with Crippen molar-refractivity contribution in [2.75, 3.05) is 0 Å². The maximum absolute atomic E-state index is 12.1. The minimum absolute atomic E-state index is 0.207. The fourth-order valence-electron chi connectivity index (χ4n) is 3.54. The summed E-state index contributed by atoms with van der Waals surface area (Å²) in [5, 5.41) is 11.0. The molecule has 2 saturated carbocycles. The monoisotopic (exact) mass is 320 g/mol. The Morgan fingerprint density at radius 2 is 1.89 bits per heavy atom. The molecule has 0 amide bonds. The van der Waals surface area contributed by atoms with Crippen LogP contribution in [-0.4, -0.2) is 16.5 Å². The first-order chi connectivity index (χ1) is 8.99. The molecule has 1 N–H and O–H groups in total. The van der Waals surface area contributed by atoms with Gasteiger partial charge in [0.2, 0.25) is 0 Å². The first-order valence-corrected chi connectivity index (χ1v) is 7.48. The van der Waals surface area contributed by atoms with Gasteiger partial charge in [-0.25, -0.2) is 0 Å². The summed E-state index contributed by atoms with van der Waals surface area (Å²) >= 11 is 3.64. The molecular formula is C16H17BrO2. The third kappa shape index (κ3) is 1.68. The third-order valence-electron chi connectivity index (χ3n) is 4.91. The van der Waals surface area contributed by atoms with Crippen molar-refractivity contribution >= 4 is 26.2 Å². The van der Waals surface area contributed by atoms with Crippen LogP contribution in [0, 0.1) is 5.41 Å². The lowest BCUT2D eigenvalue weighted by molar-refractivity contribution is -0.130. The fourth-order valence-corrected chi connectivity index (χ4v) is 4.33. The van der Waals surface area contributed by atoms with Crippen molar-refractivity contribution in [3.8, 4) is 0 Å². The molecule has 0 aromatic heterocycles. The Hall–Kier alpha value is -0.930. The lowest BCUT2D eigenvalue weighted by atomic mass is 9.77. The highest BCUT2D eigenvalue weighted by molar-refractivity contribution is 9.15. The van der Waals surface area contributed by atoms with Crippen LogP contribution in [0.15, 0.2) is 35.9 Å². The summed E-state index contributed by atoms with van der Waals surface area (Å²) in [6.07, 6.45) is 2.58. The number of halogens is 1. The van der Waals surface area contributed by atoms with Crippen molar-refractivity contribution in [2.45, 2.75) is 38.2 Å². The van der Waals surface area contributed by atoms with Gasteiger partial charge in [-0.15, -0.1) is 0 Å². The van der Waals surface area contributed by atoms with Gasteiger partial charge in [-0.05, 0) is 37.3 Å². The lowest BCUT2D eigenvalue weighted by Crippen LogP contribution is -2.41. The molecular weight excluding hydrogens is 304 g/mol. The van der Waals surface area contributed by atoms with Crippen molar-refractivity contribution in [3.63, 3.8) is 0 Å². The van der Waals surface area contributed by atoms with Gasteiger partial charge in [0, 0.05) is 10.9 Å². The maximum Gasteiger partial charge on any atom is 0.142 e. The molecule has 0 heterocycles. The first kappa shape index (κ1) is 13.1. The van der Waals surface area contributed by atoms with E-state index in [1.807, 2.05) is 37.3 Å². The predicted molar refractivity (Wildman–Crippen MR) is 78.8 cm³/mol. The van der Waals surface area contributed by atoms with Gasteiger partial charge in [0.05, 0.1) is 11.0 Å². The number of rotatable bonds is 1. The summed E-state index contributed by atoms with van der Waals surface area (Å²) in [4.78, 5) is 12.1. The number of Topliss-reactive ketones (excluding diaryl/α,β-unsaturated/α-hetero) is 1. The van der Waals surface area contributed by atoms with Crippen LogP contribution in [0.5, 0.6) is 0 Å². The van der Waals surface area contributed by atoms with Crippen LogP contribution in [0.3, 0.4) is 0 Å². The van der Waals surface area contributed by atoms with E-state index >= 15 is 0 Å². The van der Waals surface area contributed by atoms with Crippen LogP contribution in [-0.2, 0) is 4.79 Å². The number of hydrogen-bond acceptors (Lipinski definition) is 2. The third-order valence-corrected chi connectivity index (χ3v) is 5.84. The normalized spacial score (nSPS) is 36.5. The largest absolute Gasteiger partial charge is 0.384 e. The summed E-state index contributed by atoms with van der Waals surface area (Å²) in [7, 11) is 0. The number of carbonyl (C=O) groups excluding carboxylic acids is 1. The van der Waals surface area contributed by atoms with E-state index in [0.717, 1.165) is 28.5 Å². The summed E-state index contributed by atoms with van der Waals surface area (Å²) in [5.41, 5.74) is 0.510. The molecule has 0 radical (unpaired) electrons. The van der Waals surface area contributed by atoms with Gasteiger partial charge in [-0.1, -0.05) is 46.3 Å². The molecule has 2 atom stereocenters. The number of hydrogen-bond donors (Lipinski definition) is 1. The van der Waals surface area contributed by atoms with E-state index in [1.54, 1.807) is 0 Å². The van der Waals surface area contributed by atoms with E-state index in [2.05, 4.69) is 15.9 Å². The van der Waals surface area contributed by atoms with Gasteiger partial charge in [-0.3, -0.25) is 4.79 Å². The lowest BCUT2D eigenvalue weighted by Gasteiger charge is -2.32. The van der Waals surface area contributed by atoms with Gasteiger partial charge in [-0.2, -0.15) is 0 Å². The molecule has 3 rings (SSSR count). The Labute approximate surface area is 121 Å². The Kier molecular flexibility index (Phi) is 2.95. The number of fused-ring (bicyclic) bond motifs is 1. The molecule has 3 heteroatoms. The van der Waals surface area contributed by atoms with Crippen LogP contribution in [0.4, 0.5) is 0 Å². The predicted octanol–water partition coefficient (Wildman–Crippen LogP) is 3.69. The molecule has 0 unspecified atom stereocenters. The average molecular weight is 321 g/mol. The molecule has 0 bridgehead atoms. The van der Waals surface area contributed by atoms with Crippen molar-refractivity contribution in [3.05, 3.63) is 41.5 Å². The molecule has 2 aliphatic carbocycles. The zero-order chi connectivity index (χ0) is 13.7.